The van der Waals surface area contributed by atoms with Gasteiger partial charge in [0.25, 0.3) is 0 Å². The van der Waals surface area contributed by atoms with Crippen LogP contribution in [-0.2, 0) is 11.8 Å². The van der Waals surface area contributed by atoms with Gasteiger partial charge in [0.15, 0.2) is 11.5 Å². The van der Waals surface area contributed by atoms with Crippen LogP contribution in [0.15, 0.2) is 42.5 Å². The van der Waals surface area contributed by atoms with Crippen LogP contribution < -0.4 is 24.8 Å². The van der Waals surface area contributed by atoms with Crippen molar-refractivity contribution in [2.24, 2.45) is 0 Å². The van der Waals surface area contributed by atoms with E-state index < -0.39 is 0 Å². The molecular formula is C22H28N2O4. The van der Waals surface area contributed by atoms with Gasteiger partial charge in [-0.2, -0.15) is 0 Å². The predicted octanol–water partition coefficient (Wildman–Crippen LogP) is 3.29. The molecule has 0 atom stereocenters. The Labute approximate surface area is 166 Å². The molecule has 2 amide bonds. The van der Waals surface area contributed by atoms with Crippen LogP contribution in [0.2, 0.25) is 0 Å². The summed E-state index contributed by atoms with van der Waals surface area (Å²) in [6.45, 7) is 1.19. The first kappa shape index (κ1) is 19.9. The van der Waals surface area contributed by atoms with E-state index in [1.165, 1.54) is 5.56 Å². The standard InChI is InChI=1S/C22H28N2O4/c1-26-18-7-5-17(6-8-18)22(11-12-22)15-24-21(25)23-13-10-16-4-9-19(27-2)20(14-16)28-3/h4-9,14H,10-13,15H2,1-3H3,(H2,23,24,25). The minimum atomic E-state index is -0.139. The van der Waals surface area contributed by atoms with Crippen molar-refractivity contribution in [1.82, 2.24) is 10.6 Å². The molecule has 0 radical (unpaired) electrons. The third-order valence-electron chi connectivity index (χ3n) is 5.29. The van der Waals surface area contributed by atoms with Crippen LogP contribution in [0.1, 0.15) is 24.0 Å². The summed E-state index contributed by atoms with van der Waals surface area (Å²) in [7, 11) is 4.89. The molecule has 6 heteroatoms. The second-order valence-electron chi connectivity index (χ2n) is 7.06. The van der Waals surface area contributed by atoms with Crippen molar-refractivity contribution in [2.75, 3.05) is 34.4 Å². The Kier molecular flexibility index (Phi) is 6.29. The molecule has 2 aromatic carbocycles. The van der Waals surface area contributed by atoms with E-state index in [1.54, 1.807) is 21.3 Å². The molecule has 1 aliphatic carbocycles. The zero-order valence-electron chi connectivity index (χ0n) is 16.7. The predicted molar refractivity (Wildman–Crippen MR) is 109 cm³/mol. The first-order valence-corrected chi connectivity index (χ1v) is 9.47. The highest BCUT2D eigenvalue weighted by Gasteiger charge is 2.44. The van der Waals surface area contributed by atoms with Gasteiger partial charge in [0, 0.05) is 18.5 Å². The van der Waals surface area contributed by atoms with Crippen molar-refractivity contribution in [3.8, 4) is 17.2 Å². The summed E-state index contributed by atoms with van der Waals surface area (Å²) >= 11 is 0. The fourth-order valence-corrected chi connectivity index (χ4v) is 3.33. The van der Waals surface area contributed by atoms with Crippen LogP contribution in [0.3, 0.4) is 0 Å². The SMILES string of the molecule is COc1ccc(C2(CNC(=O)NCCc3ccc(OC)c(OC)c3)CC2)cc1. The van der Waals surface area contributed by atoms with Crippen molar-refractivity contribution >= 4 is 6.03 Å². The van der Waals surface area contributed by atoms with Gasteiger partial charge in [-0.3, -0.25) is 0 Å². The monoisotopic (exact) mass is 384 g/mol. The number of nitrogens with one attached hydrogen (secondary N) is 2. The number of carbonyl (C=O) groups is 1. The molecule has 2 N–H and O–H groups in total. The van der Waals surface area contributed by atoms with Gasteiger partial charge in [0.2, 0.25) is 0 Å². The molecule has 0 aliphatic heterocycles. The lowest BCUT2D eigenvalue weighted by molar-refractivity contribution is 0.240. The maximum atomic E-state index is 12.2. The molecule has 2 aromatic rings. The van der Waals surface area contributed by atoms with Crippen LogP contribution >= 0.6 is 0 Å². The lowest BCUT2D eigenvalue weighted by Crippen LogP contribution is -2.40. The molecule has 150 valence electrons. The Balaban J connectivity index is 1.44. The summed E-state index contributed by atoms with van der Waals surface area (Å²) in [5.74, 6) is 2.24. The Hall–Kier alpha value is -2.89. The van der Waals surface area contributed by atoms with E-state index in [-0.39, 0.29) is 11.4 Å². The third kappa shape index (κ3) is 4.68. The number of amides is 2. The molecule has 0 spiro atoms. The minimum Gasteiger partial charge on any atom is -0.497 e. The fourth-order valence-electron chi connectivity index (χ4n) is 3.33. The minimum absolute atomic E-state index is 0.0625. The van der Waals surface area contributed by atoms with Crippen LogP contribution in [0.5, 0.6) is 17.2 Å². The molecule has 0 unspecified atom stereocenters. The number of ether oxygens (including phenoxy) is 3. The summed E-state index contributed by atoms with van der Waals surface area (Å²) in [6, 6.07) is 13.8. The second-order valence-corrected chi connectivity index (χ2v) is 7.06. The average molecular weight is 384 g/mol. The lowest BCUT2D eigenvalue weighted by Gasteiger charge is -2.17. The van der Waals surface area contributed by atoms with E-state index in [2.05, 4.69) is 22.8 Å². The Bertz CT molecular complexity index is 801. The van der Waals surface area contributed by atoms with Crippen LogP contribution in [-0.4, -0.2) is 40.5 Å². The first-order valence-electron chi connectivity index (χ1n) is 9.47. The van der Waals surface area contributed by atoms with Gasteiger partial charge in [-0.05, 0) is 54.7 Å². The van der Waals surface area contributed by atoms with E-state index in [4.69, 9.17) is 14.2 Å². The molecule has 6 nitrogen and oxygen atoms in total. The van der Waals surface area contributed by atoms with E-state index in [1.807, 2.05) is 30.3 Å². The Morgan fingerprint density at radius 1 is 0.929 bits per heavy atom. The van der Waals surface area contributed by atoms with Gasteiger partial charge in [-0.25, -0.2) is 4.79 Å². The maximum absolute atomic E-state index is 12.2. The van der Waals surface area contributed by atoms with Crippen molar-refractivity contribution < 1.29 is 19.0 Å². The van der Waals surface area contributed by atoms with Crippen LogP contribution in [0, 0.1) is 0 Å². The molecular weight excluding hydrogens is 356 g/mol. The van der Waals surface area contributed by atoms with E-state index in [9.17, 15) is 4.79 Å². The molecule has 1 fully saturated rings. The number of methoxy groups -OCH3 is 3. The fraction of sp³-hybridized carbons (Fsp3) is 0.409. The normalized spacial score (nSPS) is 14.1. The van der Waals surface area contributed by atoms with Crippen molar-refractivity contribution in [1.29, 1.82) is 0 Å². The molecule has 3 rings (SSSR count). The van der Waals surface area contributed by atoms with Gasteiger partial charge in [-0.1, -0.05) is 18.2 Å². The number of hydrogen-bond acceptors (Lipinski definition) is 4. The molecule has 1 aliphatic rings. The van der Waals surface area contributed by atoms with Gasteiger partial charge < -0.3 is 24.8 Å². The topological polar surface area (TPSA) is 68.8 Å². The highest BCUT2D eigenvalue weighted by atomic mass is 16.5. The third-order valence-corrected chi connectivity index (χ3v) is 5.29. The second kappa shape index (κ2) is 8.87. The molecule has 1 saturated carbocycles. The zero-order chi connectivity index (χ0) is 20.0. The molecule has 0 bridgehead atoms. The average Bonchev–Trinajstić information content (AvgIpc) is 3.53. The lowest BCUT2D eigenvalue weighted by atomic mass is 9.96. The van der Waals surface area contributed by atoms with Gasteiger partial charge in [0.05, 0.1) is 21.3 Å². The molecule has 0 heterocycles. The zero-order valence-corrected chi connectivity index (χ0v) is 16.7. The number of urea groups is 1. The van der Waals surface area contributed by atoms with Crippen LogP contribution in [0.4, 0.5) is 4.79 Å². The number of benzene rings is 2. The van der Waals surface area contributed by atoms with E-state index >= 15 is 0 Å². The van der Waals surface area contributed by atoms with Gasteiger partial charge in [-0.15, -0.1) is 0 Å². The highest BCUT2D eigenvalue weighted by Crippen LogP contribution is 2.47. The van der Waals surface area contributed by atoms with Crippen molar-refractivity contribution in [3.05, 3.63) is 53.6 Å². The van der Waals surface area contributed by atoms with Crippen molar-refractivity contribution in [2.45, 2.75) is 24.7 Å². The maximum Gasteiger partial charge on any atom is 0.314 e. The van der Waals surface area contributed by atoms with Gasteiger partial charge in [0.1, 0.15) is 5.75 Å². The molecule has 0 aromatic heterocycles. The summed E-state index contributed by atoms with van der Waals surface area (Å²) in [4.78, 5) is 12.2. The summed E-state index contributed by atoms with van der Waals surface area (Å²) in [5, 5.41) is 5.94. The first-order chi connectivity index (χ1) is 13.6. The molecule has 28 heavy (non-hydrogen) atoms. The van der Waals surface area contributed by atoms with Crippen molar-refractivity contribution in [3.63, 3.8) is 0 Å². The summed E-state index contributed by atoms with van der Waals surface area (Å²) in [6.07, 6.45) is 2.90. The summed E-state index contributed by atoms with van der Waals surface area (Å²) in [5.41, 5.74) is 2.39. The molecule has 0 saturated heterocycles. The largest absolute Gasteiger partial charge is 0.497 e. The van der Waals surface area contributed by atoms with E-state index in [0.717, 1.165) is 30.6 Å². The smallest absolute Gasteiger partial charge is 0.314 e. The number of rotatable bonds is 9. The quantitative estimate of drug-likeness (QED) is 0.696. The number of hydrogen-bond donors (Lipinski definition) is 2. The summed E-state index contributed by atoms with van der Waals surface area (Å²) < 4.78 is 15.8. The van der Waals surface area contributed by atoms with E-state index in [0.29, 0.717) is 24.6 Å². The number of carbonyl (C=O) groups excluding carboxylic acids is 1. The van der Waals surface area contributed by atoms with Crippen LogP contribution in [0.25, 0.3) is 0 Å². The Morgan fingerprint density at radius 3 is 2.25 bits per heavy atom. The van der Waals surface area contributed by atoms with Gasteiger partial charge >= 0.3 is 6.03 Å². The highest BCUT2D eigenvalue weighted by molar-refractivity contribution is 5.74. The Morgan fingerprint density at radius 2 is 1.64 bits per heavy atom.